The minimum atomic E-state index is -1.55. The Labute approximate surface area is 282 Å². The fourth-order valence-corrected chi connectivity index (χ4v) is 5.78. The quantitative estimate of drug-likeness (QED) is 0.119. The van der Waals surface area contributed by atoms with Crippen LogP contribution in [0.1, 0.15) is 47.7 Å². The van der Waals surface area contributed by atoms with Gasteiger partial charge in [-0.15, -0.1) is 0 Å². The van der Waals surface area contributed by atoms with Gasteiger partial charge in [0.25, 0.3) is 5.91 Å². The third kappa shape index (κ3) is 8.47. The number of nitrogens with one attached hydrogen (secondary N) is 2. The number of carbonyl (C=O) groups excluding carboxylic acids is 3. The van der Waals surface area contributed by atoms with Crippen LogP contribution in [-0.2, 0) is 19.2 Å². The summed E-state index contributed by atoms with van der Waals surface area (Å²) in [6, 6.07) is 26.9. The van der Waals surface area contributed by atoms with Gasteiger partial charge in [0.15, 0.2) is 6.61 Å². The van der Waals surface area contributed by atoms with Crippen molar-refractivity contribution < 1.29 is 43.6 Å². The number of carboxylic acid groups (broad SMARTS) is 1. The number of carbonyl (C=O) groups is 4. The molecule has 3 amide bonds. The summed E-state index contributed by atoms with van der Waals surface area (Å²) in [4.78, 5) is 52.2. The van der Waals surface area contributed by atoms with Crippen molar-refractivity contribution in [2.45, 2.75) is 37.1 Å². The van der Waals surface area contributed by atoms with Crippen molar-refractivity contribution in [1.82, 2.24) is 10.6 Å². The normalized spacial score (nSPS) is 17.3. The van der Waals surface area contributed by atoms with Crippen molar-refractivity contribution in [2.75, 3.05) is 18.1 Å². The van der Waals surface area contributed by atoms with Gasteiger partial charge in [0, 0.05) is 5.69 Å². The van der Waals surface area contributed by atoms with Crippen LogP contribution in [0.3, 0.4) is 0 Å². The molecule has 4 aromatic rings. The topological polar surface area (TPSA) is 165 Å². The number of benzene rings is 4. The number of aliphatic carboxylic acids is 1. The average molecular weight is 670 g/mol. The number of rotatable bonds is 15. The van der Waals surface area contributed by atoms with Gasteiger partial charge in [0.05, 0.1) is 24.7 Å². The molecule has 5 rings (SSSR count). The van der Waals surface area contributed by atoms with E-state index in [9.17, 15) is 38.9 Å². The lowest BCUT2D eigenvalue weighted by atomic mass is 9.78. The number of β-lactam (4-membered cyclic amide) rings is 1. The van der Waals surface area contributed by atoms with Crippen molar-refractivity contribution in [3.63, 3.8) is 0 Å². The Hall–Kier alpha value is -5.59. The number of hydrogen-bond acceptors (Lipinski definition) is 7. The van der Waals surface area contributed by atoms with Crippen LogP contribution >= 0.6 is 0 Å². The molecule has 0 spiro atoms. The highest BCUT2D eigenvalue weighted by molar-refractivity contribution is 6.03. The standard InChI is InChI=1S/C37H36FN3O8/c38-26-15-11-23(12-16-26)31(43)20-19-29-34(41(36(29)46)27-9-5-2-6-10-27)25-13-17-28(18-14-25)49-22-32(44)40-33(24-7-3-1-4-8-24)35(45)39-30(21-42)37(47)48/h1-18,29-31,33-34,42-43H,19-22H2,(H,39,45)(H,40,44)(H,47,48)/t29?,30-,31?,33-,34?/m1/s1. The lowest BCUT2D eigenvalue weighted by molar-refractivity contribution is -0.143. The summed E-state index contributed by atoms with van der Waals surface area (Å²) in [6.45, 7) is -1.28. The van der Waals surface area contributed by atoms with Crippen molar-refractivity contribution in [2.24, 2.45) is 5.92 Å². The first-order chi connectivity index (χ1) is 23.7. The van der Waals surface area contributed by atoms with Gasteiger partial charge in [-0.2, -0.15) is 0 Å². The van der Waals surface area contributed by atoms with Gasteiger partial charge in [-0.25, -0.2) is 9.18 Å². The molecule has 49 heavy (non-hydrogen) atoms. The zero-order valence-electron chi connectivity index (χ0n) is 26.3. The van der Waals surface area contributed by atoms with Gasteiger partial charge < -0.3 is 35.6 Å². The summed E-state index contributed by atoms with van der Waals surface area (Å²) in [5.74, 6) is -3.43. The highest BCUT2D eigenvalue weighted by atomic mass is 19.1. The Morgan fingerprint density at radius 3 is 2.08 bits per heavy atom. The maximum Gasteiger partial charge on any atom is 0.328 e. The Bertz CT molecular complexity index is 1740. The van der Waals surface area contributed by atoms with E-state index in [4.69, 9.17) is 4.74 Å². The number of halogens is 1. The van der Waals surface area contributed by atoms with Crippen LogP contribution in [0.15, 0.2) is 109 Å². The first kappa shape index (κ1) is 34.7. The molecule has 1 aliphatic rings. The molecule has 0 aliphatic carbocycles. The number of para-hydroxylation sites is 1. The monoisotopic (exact) mass is 669 g/mol. The summed E-state index contributed by atoms with van der Waals surface area (Å²) >= 11 is 0. The minimum absolute atomic E-state index is 0.0785. The first-order valence-electron chi connectivity index (χ1n) is 15.7. The molecule has 0 saturated carbocycles. The smallest absolute Gasteiger partial charge is 0.328 e. The van der Waals surface area contributed by atoms with Crippen molar-refractivity contribution in [1.29, 1.82) is 0 Å². The maximum atomic E-state index is 13.4. The number of aliphatic hydroxyl groups excluding tert-OH is 2. The third-order valence-electron chi connectivity index (χ3n) is 8.34. The number of nitrogens with zero attached hydrogens (tertiary/aromatic N) is 1. The first-order valence-corrected chi connectivity index (χ1v) is 15.7. The number of anilines is 1. The van der Waals surface area contributed by atoms with Gasteiger partial charge in [0.1, 0.15) is 23.7 Å². The van der Waals surface area contributed by atoms with E-state index < -0.39 is 60.9 Å². The second kappa shape index (κ2) is 16.0. The van der Waals surface area contributed by atoms with Gasteiger partial charge >= 0.3 is 5.97 Å². The summed E-state index contributed by atoms with van der Waals surface area (Å²) < 4.78 is 19.0. The summed E-state index contributed by atoms with van der Waals surface area (Å²) in [6.07, 6.45) is -0.162. The summed E-state index contributed by atoms with van der Waals surface area (Å²) in [7, 11) is 0. The second-order valence-corrected chi connectivity index (χ2v) is 11.6. The van der Waals surface area contributed by atoms with E-state index in [0.29, 0.717) is 29.7 Å². The molecule has 1 fully saturated rings. The fourth-order valence-electron chi connectivity index (χ4n) is 5.78. The molecule has 1 saturated heterocycles. The molecule has 0 aromatic heterocycles. The zero-order chi connectivity index (χ0) is 34.9. The Morgan fingerprint density at radius 1 is 0.837 bits per heavy atom. The zero-order valence-corrected chi connectivity index (χ0v) is 26.3. The molecule has 1 heterocycles. The lowest BCUT2D eigenvalue weighted by Gasteiger charge is -2.48. The molecular weight excluding hydrogens is 633 g/mol. The van der Waals surface area contributed by atoms with E-state index in [2.05, 4.69) is 10.6 Å². The van der Waals surface area contributed by atoms with E-state index in [1.807, 2.05) is 30.3 Å². The number of aliphatic hydroxyl groups is 2. The van der Waals surface area contributed by atoms with Crippen LogP contribution in [0.2, 0.25) is 0 Å². The average Bonchev–Trinajstić information content (AvgIpc) is 3.12. The number of amides is 3. The maximum absolute atomic E-state index is 13.4. The third-order valence-corrected chi connectivity index (χ3v) is 8.34. The summed E-state index contributed by atoms with van der Waals surface area (Å²) in [5.41, 5.74) is 2.52. The minimum Gasteiger partial charge on any atom is -0.484 e. The molecule has 0 radical (unpaired) electrons. The number of ether oxygens (including phenoxy) is 1. The van der Waals surface area contributed by atoms with E-state index in [0.717, 1.165) is 11.3 Å². The fraction of sp³-hybridized carbons (Fsp3) is 0.243. The Morgan fingerprint density at radius 2 is 1.47 bits per heavy atom. The molecule has 254 valence electrons. The molecule has 1 aliphatic heterocycles. The van der Waals surface area contributed by atoms with Gasteiger partial charge in [-0.05, 0) is 65.9 Å². The summed E-state index contributed by atoms with van der Waals surface area (Å²) in [5, 5.41) is 34.0. The molecule has 5 atom stereocenters. The predicted molar refractivity (Wildman–Crippen MR) is 177 cm³/mol. The van der Waals surface area contributed by atoms with E-state index in [1.54, 1.807) is 59.5 Å². The number of hydrogen-bond donors (Lipinski definition) is 5. The van der Waals surface area contributed by atoms with Crippen molar-refractivity contribution in [3.05, 3.63) is 132 Å². The molecular formula is C37H36FN3O8. The highest BCUT2D eigenvalue weighted by Gasteiger charge is 2.48. The van der Waals surface area contributed by atoms with E-state index >= 15 is 0 Å². The molecule has 0 bridgehead atoms. The van der Waals surface area contributed by atoms with Crippen molar-refractivity contribution in [3.8, 4) is 5.75 Å². The molecule has 12 heteroatoms. The van der Waals surface area contributed by atoms with E-state index in [1.165, 1.54) is 24.3 Å². The van der Waals surface area contributed by atoms with Crippen LogP contribution in [-0.4, -0.2) is 58.3 Å². The predicted octanol–water partition coefficient (Wildman–Crippen LogP) is 3.84. The van der Waals surface area contributed by atoms with Gasteiger partial charge in [-0.3, -0.25) is 14.4 Å². The Balaban J connectivity index is 1.25. The van der Waals surface area contributed by atoms with Crippen LogP contribution in [0.4, 0.5) is 10.1 Å². The number of carboxylic acids is 1. The molecule has 3 unspecified atom stereocenters. The van der Waals surface area contributed by atoms with Crippen LogP contribution in [0.25, 0.3) is 0 Å². The van der Waals surface area contributed by atoms with Gasteiger partial charge in [-0.1, -0.05) is 72.8 Å². The largest absolute Gasteiger partial charge is 0.484 e. The van der Waals surface area contributed by atoms with Crippen LogP contribution in [0, 0.1) is 11.7 Å². The van der Waals surface area contributed by atoms with E-state index in [-0.39, 0.29) is 11.9 Å². The Kier molecular flexibility index (Phi) is 11.3. The van der Waals surface area contributed by atoms with Crippen LogP contribution < -0.4 is 20.3 Å². The highest BCUT2D eigenvalue weighted by Crippen LogP contribution is 2.46. The molecule has 5 N–H and O–H groups in total. The van der Waals surface area contributed by atoms with Crippen molar-refractivity contribution >= 4 is 29.4 Å². The molecule has 11 nitrogen and oxygen atoms in total. The SMILES string of the molecule is O=C(COc1ccc(C2C(CCC(O)c3ccc(F)cc3)C(=O)N2c2ccccc2)cc1)N[C@@H](C(=O)N[C@H](CO)C(=O)O)c1ccccc1. The molecule has 4 aromatic carbocycles. The lowest BCUT2D eigenvalue weighted by Crippen LogP contribution is -2.55. The van der Waals surface area contributed by atoms with Gasteiger partial charge in [0.2, 0.25) is 11.8 Å². The van der Waals surface area contributed by atoms with Crippen LogP contribution in [0.5, 0.6) is 5.75 Å². The second-order valence-electron chi connectivity index (χ2n) is 11.6.